The molecule has 0 aliphatic heterocycles. The molecule has 0 saturated heterocycles. The molecule has 0 heterocycles. The third-order valence-corrected chi connectivity index (χ3v) is 4.67. The maximum atomic E-state index is 2.55. The first-order valence-corrected chi connectivity index (χ1v) is 8.91. The van der Waals surface area contributed by atoms with Crippen molar-refractivity contribution >= 4 is 0 Å². The highest BCUT2D eigenvalue weighted by Crippen LogP contribution is 2.30. The minimum atomic E-state index is 0.868. The zero-order valence-corrected chi connectivity index (χ0v) is 15.0. The normalized spacial score (nSPS) is 22.3. The smallest absolute Gasteiger partial charge is 0.0821 e. The van der Waals surface area contributed by atoms with E-state index in [4.69, 9.17) is 0 Å². The molecule has 1 aliphatic carbocycles. The Labute approximate surface area is 132 Å². The standard InChI is InChI=1S/C19H36N2/c1-16(2)8-6-9-18-10-11-19(17(3)14-18)15-20-12-7-13-21(4)5/h8,10,17,19-20H,6-7,9,11-15H2,1-5H3/p+2/t17-,19+/m1/s1. The van der Waals surface area contributed by atoms with Crippen LogP contribution in [-0.4, -0.2) is 33.7 Å². The van der Waals surface area contributed by atoms with Crippen molar-refractivity contribution < 1.29 is 10.2 Å². The molecule has 0 radical (unpaired) electrons. The van der Waals surface area contributed by atoms with Gasteiger partial charge in [-0.2, -0.15) is 0 Å². The number of hydrogen-bond donors (Lipinski definition) is 2. The molecular weight excluding hydrogens is 256 g/mol. The third kappa shape index (κ3) is 8.43. The van der Waals surface area contributed by atoms with E-state index >= 15 is 0 Å². The summed E-state index contributed by atoms with van der Waals surface area (Å²) in [6.45, 7) is 10.8. The Kier molecular flexibility index (Phi) is 8.94. The first-order valence-electron chi connectivity index (χ1n) is 8.91. The summed E-state index contributed by atoms with van der Waals surface area (Å²) in [6, 6.07) is 0. The van der Waals surface area contributed by atoms with Crippen molar-refractivity contribution in [1.29, 1.82) is 0 Å². The van der Waals surface area contributed by atoms with Gasteiger partial charge in [0.15, 0.2) is 0 Å². The monoisotopic (exact) mass is 294 g/mol. The van der Waals surface area contributed by atoms with Gasteiger partial charge in [-0.05, 0) is 45.4 Å². The third-order valence-electron chi connectivity index (χ3n) is 4.67. The fourth-order valence-electron chi connectivity index (χ4n) is 3.22. The van der Waals surface area contributed by atoms with Crippen molar-refractivity contribution in [1.82, 2.24) is 0 Å². The first-order chi connectivity index (χ1) is 9.99. The Bertz CT molecular complexity index is 337. The molecule has 0 saturated carbocycles. The summed E-state index contributed by atoms with van der Waals surface area (Å²) in [5, 5.41) is 2.55. The Balaban J connectivity index is 2.21. The van der Waals surface area contributed by atoms with Gasteiger partial charge in [0, 0.05) is 12.3 Å². The molecule has 0 spiro atoms. The summed E-state index contributed by atoms with van der Waals surface area (Å²) in [5.74, 6) is 1.76. The lowest BCUT2D eigenvalue weighted by Crippen LogP contribution is -3.06. The Morgan fingerprint density at radius 3 is 2.76 bits per heavy atom. The van der Waals surface area contributed by atoms with Gasteiger partial charge in [0.2, 0.25) is 0 Å². The van der Waals surface area contributed by atoms with Crippen molar-refractivity contribution in [2.75, 3.05) is 33.7 Å². The van der Waals surface area contributed by atoms with E-state index in [0.717, 1.165) is 11.8 Å². The second kappa shape index (κ2) is 10.2. The Morgan fingerprint density at radius 2 is 2.14 bits per heavy atom. The van der Waals surface area contributed by atoms with Crippen LogP contribution in [0.2, 0.25) is 0 Å². The van der Waals surface area contributed by atoms with E-state index in [1.807, 2.05) is 0 Å². The fraction of sp³-hybridized carbons (Fsp3) is 0.789. The summed E-state index contributed by atoms with van der Waals surface area (Å²) in [4.78, 5) is 1.57. The molecule has 3 N–H and O–H groups in total. The van der Waals surface area contributed by atoms with E-state index in [-0.39, 0.29) is 0 Å². The van der Waals surface area contributed by atoms with Gasteiger partial charge in [-0.15, -0.1) is 0 Å². The summed E-state index contributed by atoms with van der Waals surface area (Å²) < 4.78 is 0. The number of hydrogen-bond acceptors (Lipinski definition) is 0. The van der Waals surface area contributed by atoms with E-state index in [1.54, 1.807) is 10.5 Å². The molecule has 1 rings (SSSR count). The number of rotatable bonds is 9. The van der Waals surface area contributed by atoms with Crippen LogP contribution in [0.5, 0.6) is 0 Å². The molecule has 122 valence electrons. The SMILES string of the molecule is CC(C)=CCCC1=CC[C@@H](C[NH2+]CCC[NH+](C)C)[C@H](C)C1. The maximum absolute atomic E-state index is 2.55. The molecule has 0 fully saturated rings. The quantitative estimate of drug-likeness (QED) is 0.478. The molecule has 0 aromatic rings. The number of allylic oxidation sites excluding steroid dienone is 4. The Morgan fingerprint density at radius 1 is 1.38 bits per heavy atom. The fourth-order valence-corrected chi connectivity index (χ4v) is 3.22. The lowest BCUT2D eigenvalue weighted by atomic mass is 9.79. The minimum Gasteiger partial charge on any atom is -0.346 e. The number of nitrogens with two attached hydrogens (primary N) is 1. The van der Waals surface area contributed by atoms with Crippen LogP contribution < -0.4 is 10.2 Å². The zero-order valence-electron chi connectivity index (χ0n) is 15.0. The van der Waals surface area contributed by atoms with Gasteiger partial charge in [0.25, 0.3) is 0 Å². The predicted octanol–water partition coefficient (Wildman–Crippen LogP) is 1.80. The van der Waals surface area contributed by atoms with Crippen molar-refractivity contribution in [2.45, 2.75) is 52.9 Å². The van der Waals surface area contributed by atoms with Crippen molar-refractivity contribution in [3.63, 3.8) is 0 Å². The van der Waals surface area contributed by atoms with Gasteiger partial charge in [0.1, 0.15) is 0 Å². The second-order valence-corrected chi connectivity index (χ2v) is 7.48. The zero-order chi connectivity index (χ0) is 15.7. The lowest BCUT2D eigenvalue weighted by Gasteiger charge is -2.27. The summed E-state index contributed by atoms with van der Waals surface area (Å²) in [7, 11) is 4.48. The summed E-state index contributed by atoms with van der Waals surface area (Å²) in [5.41, 5.74) is 3.15. The molecule has 0 bridgehead atoms. The number of nitrogens with one attached hydrogen (secondary N) is 1. The molecule has 0 amide bonds. The number of quaternary nitrogens is 2. The maximum Gasteiger partial charge on any atom is 0.0821 e. The van der Waals surface area contributed by atoms with E-state index in [0.29, 0.717) is 0 Å². The molecule has 0 aromatic heterocycles. The van der Waals surface area contributed by atoms with Crippen LogP contribution in [0, 0.1) is 11.8 Å². The molecule has 1 aliphatic rings. The molecular formula is C19H38N2+2. The molecule has 0 unspecified atom stereocenters. The van der Waals surface area contributed by atoms with Gasteiger partial charge in [0.05, 0.1) is 33.7 Å². The lowest BCUT2D eigenvalue weighted by molar-refractivity contribution is -0.860. The Hall–Kier alpha value is -0.600. The molecule has 2 nitrogen and oxygen atoms in total. The summed E-state index contributed by atoms with van der Waals surface area (Å²) >= 11 is 0. The predicted molar refractivity (Wildman–Crippen MR) is 92.6 cm³/mol. The molecule has 0 aromatic carbocycles. The highest BCUT2D eigenvalue weighted by atomic mass is 15.1. The van der Waals surface area contributed by atoms with Crippen LogP contribution in [0.25, 0.3) is 0 Å². The first kappa shape index (κ1) is 18.4. The van der Waals surface area contributed by atoms with E-state index in [9.17, 15) is 0 Å². The minimum absolute atomic E-state index is 0.868. The van der Waals surface area contributed by atoms with Gasteiger partial charge in [-0.25, -0.2) is 0 Å². The van der Waals surface area contributed by atoms with Crippen molar-refractivity contribution in [2.24, 2.45) is 11.8 Å². The van der Waals surface area contributed by atoms with Crippen LogP contribution >= 0.6 is 0 Å². The van der Waals surface area contributed by atoms with Crippen LogP contribution in [0.3, 0.4) is 0 Å². The van der Waals surface area contributed by atoms with Crippen LogP contribution in [0.1, 0.15) is 52.9 Å². The van der Waals surface area contributed by atoms with Crippen molar-refractivity contribution in [3.8, 4) is 0 Å². The average molecular weight is 295 g/mol. The highest BCUT2D eigenvalue weighted by Gasteiger charge is 2.23. The van der Waals surface area contributed by atoms with E-state index in [1.165, 1.54) is 57.3 Å². The van der Waals surface area contributed by atoms with Gasteiger partial charge in [-0.3, -0.25) is 0 Å². The van der Waals surface area contributed by atoms with Crippen molar-refractivity contribution in [3.05, 3.63) is 23.3 Å². The second-order valence-electron chi connectivity index (χ2n) is 7.48. The largest absolute Gasteiger partial charge is 0.346 e. The van der Waals surface area contributed by atoms with Gasteiger partial charge < -0.3 is 10.2 Å². The summed E-state index contributed by atoms with van der Waals surface area (Å²) in [6.07, 6.45) is 11.4. The van der Waals surface area contributed by atoms with Crippen LogP contribution in [0.15, 0.2) is 23.3 Å². The van der Waals surface area contributed by atoms with E-state index < -0.39 is 0 Å². The molecule has 2 heteroatoms. The van der Waals surface area contributed by atoms with Crippen LogP contribution in [-0.2, 0) is 0 Å². The van der Waals surface area contributed by atoms with E-state index in [2.05, 4.69) is 52.3 Å². The molecule has 21 heavy (non-hydrogen) atoms. The van der Waals surface area contributed by atoms with Crippen LogP contribution in [0.4, 0.5) is 0 Å². The van der Waals surface area contributed by atoms with Gasteiger partial charge >= 0.3 is 0 Å². The highest BCUT2D eigenvalue weighted by molar-refractivity contribution is 5.09. The molecule has 2 atom stereocenters. The average Bonchev–Trinajstić information content (AvgIpc) is 2.39. The topological polar surface area (TPSA) is 21.1 Å². The van der Waals surface area contributed by atoms with Gasteiger partial charge in [-0.1, -0.05) is 30.2 Å².